The van der Waals surface area contributed by atoms with Gasteiger partial charge in [0.2, 0.25) is 0 Å². The van der Waals surface area contributed by atoms with Crippen LogP contribution >= 0.6 is 0 Å². The summed E-state index contributed by atoms with van der Waals surface area (Å²) >= 11 is 0. The van der Waals surface area contributed by atoms with E-state index in [0.717, 1.165) is 22.5 Å². The summed E-state index contributed by atoms with van der Waals surface area (Å²) in [6.45, 7) is 2.30. The minimum absolute atomic E-state index is 0.281. The summed E-state index contributed by atoms with van der Waals surface area (Å²) in [7, 11) is 0. The maximum Gasteiger partial charge on any atom is 0.132 e. The van der Waals surface area contributed by atoms with Crippen molar-refractivity contribution in [3.63, 3.8) is 0 Å². The second-order valence-electron chi connectivity index (χ2n) is 7.65. The molecule has 0 saturated carbocycles. The van der Waals surface area contributed by atoms with E-state index in [1.54, 1.807) is 0 Å². The Balaban J connectivity index is 1.72. The van der Waals surface area contributed by atoms with Crippen LogP contribution in [0.3, 0.4) is 0 Å². The molecule has 6 rings (SSSR count). The van der Waals surface area contributed by atoms with Crippen molar-refractivity contribution in [3.05, 3.63) is 108 Å². The van der Waals surface area contributed by atoms with Crippen LogP contribution in [0.4, 0.5) is 0 Å². The van der Waals surface area contributed by atoms with Crippen LogP contribution in [-0.4, -0.2) is 4.98 Å². The van der Waals surface area contributed by atoms with Gasteiger partial charge >= 0.3 is 0 Å². The molecule has 2 heterocycles. The number of hydrogen-bond donors (Lipinski definition) is 1. The number of aromatic nitrogens is 1. The van der Waals surface area contributed by atoms with E-state index in [1.165, 1.54) is 27.5 Å². The van der Waals surface area contributed by atoms with Crippen LogP contribution in [0, 0.1) is 0 Å². The molecule has 1 aliphatic heterocycles. The molecule has 0 saturated heterocycles. The number of hydrogen-bond acceptors (Lipinski definition) is 1. The van der Waals surface area contributed by atoms with E-state index in [0.29, 0.717) is 0 Å². The standard InChI is InChI=1S/C26H19NO/c1-26(17-9-3-2-4-10-17)20-12-6-8-14-24(20)28-25-15-19-18-11-5-7-13-22(18)27-23(19)16-21(25)26/h2-16,27H,1H3. The number of nitrogens with one attached hydrogen (secondary N) is 1. The zero-order valence-corrected chi connectivity index (χ0v) is 15.6. The van der Waals surface area contributed by atoms with Crippen molar-refractivity contribution >= 4 is 21.8 Å². The number of ether oxygens (including phenoxy) is 1. The normalized spacial score (nSPS) is 17.9. The number of benzene rings is 4. The second kappa shape index (κ2) is 5.49. The van der Waals surface area contributed by atoms with Gasteiger partial charge in [-0.05, 0) is 36.8 Å². The molecule has 0 aliphatic carbocycles. The van der Waals surface area contributed by atoms with Crippen molar-refractivity contribution in [2.24, 2.45) is 0 Å². The molecule has 2 heteroatoms. The van der Waals surface area contributed by atoms with Gasteiger partial charge in [-0.2, -0.15) is 0 Å². The van der Waals surface area contributed by atoms with Gasteiger partial charge in [-0.1, -0.05) is 66.7 Å². The lowest BCUT2D eigenvalue weighted by Gasteiger charge is -2.38. The van der Waals surface area contributed by atoms with Gasteiger partial charge in [-0.3, -0.25) is 0 Å². The zero-order valence-electron chi connectivity index (χ0n) is 15.6. The third-order valence-electron chi connectivity index (χ3n) is 6.14. The lowest BCUT2D eigenvalue weighted by atomic mass is 9.69. The van der Waals surface area contributed by atoms with Crippen molar-refractivity contribution in [2.45, 2.75) is 12.3 Å². The molecule has 4 aromatic carbocycles. The van der Waals surface area contributed by atoms with E-state index >= 15 is 0 Å². The second-order valence-corrected chi connectivity index (χ2v) is 7.65. The molecule has 0 radical (unpaired) electrons. The number of H-pyrrole nitrogens is 1. The molecule has 1 unspecified atom stereocenters. The lowest BCUT2D eigenvalue weighted by Crippen LogP contribution is -2.29. The lowest BCUT2D eigenvalue weighted by molar-refractivity contribution is 0.428. The molecule has 1 aromatic heterocycles. The molecule has 1 N–H and O–H groups in total. The number of fused-ring (bicyclic) bond motifs is 5. The van der Waals surface area contributed by atoms with E-state index in [9.17, 15) is 0 Å². The van der Waals surface area contributed by atoms with E-state index in [-0.39, 0.29) is 5.41 Å². The molecule has 0 amide bonds. The van der Waals surface area contributed by atoms with Crippen LogP contribution in [0.15, 0.2) is 91.0 Å². The molecular formula is C26H19NO. The summed E-state index contributed by atoms with van der Waals surface area (Å²) < 4.78 is 6.41. The van der Waals surface area contributed by atoms with Gasteiger partial charge in [0.25, 0.3) is 0 Å². The quantitative estimate of drug-likeness (QED) is 0.350. The third-order valence-corrected chi connectivity index (χ3v) is 6.14. The van der Waals surface area contributed by atoms with E-state index in [2.05, 4.69) is 96.8 Å². The van der Waals surface area contributed by atoms with E-state index < -0.39 is 0 Å². The maximum atomic E-state index is 6.41. The molecule has 5 aromatic rings. The predicted molar refractivity (Wildman–Crippen MR) is 114 cm³/mol. The van der Waals surface area contributed by atoms with Crippen molar-refractivity contribution < 1.29 is 4.74 Å². The van der Waals surface area contributed by atoms with Crippen molar-refractivity contribution in [1.29, 1.82) is 0 Å². The summed E-state index contributed by atoms with van der Waals surface area (Å²) in [5, 5.41) is 2.42. The first-order chi connectivity index (χ1) is 13.7. The first kappa shape index (κ1) is 15.5. The van der Waals surface area contributed by atoms with Gasteiger partial charge in [-0.25, -0.2) is 0 Å². The van der Waals surface area contributed by atoms with Crippen LogP contribution in [0.25, 0.3) is 21.8 Å². The summed E-state index contributed by atoms with van der Waals surface area (Å²) in [4.78, 5) is 3.59. The highest BCUT2D eigenvalue weighted by molar-refractivity contribution is 6.08. The predicted octanol–water partition coefficient (Wildman–Crippen LogP) is 6.78. The largest absolute Gasteiger partial charge is 0.457 e. The van der Waals surface area contributed by atoms with Gasteiger partial charge in [-0.15, -0.1) is 0 Å². The molecule has 2 nitrogen and oxygen atoms in total. The Labute approximate surface area is 163 Å². The SMILES string of the molecule is CC1(c2ccccc2)c2ccccc2Oc2cc3c(cc21)[nH]c1ccccc13. The van der Waals surface area contributed by atoms with Crippen LogP contribution in [-0.2, 0) is 5.41 Å². The highest BCUT2D eigenvalue weighted by Crippen LogP contribution is 2.52. The Morgan fingerprint density at radius 1 is 0.643 bits per heavy atom. The van der Waals surface area contributed by atoms with Crippen molar-refractivity contribution in [2.75, 3.05) is 0 Å². The highest BCUT2D eigenvalue weighted by atomic mass is 16.5. The Morgan fingerprint density at radius 2 is 1.39 bits per heavy atom. The fourth-order valence-electron chi connectivity index (χ4n) is 4.67. The Bertz CT molecular complexity index is 1350. The minimum Gasteiger partial charge on any atom is -0.457 e. The average molecular weight is 361 g/mol. The molecular weight excluding hydrogens is 342 g/mol. The molecule has 28 heavy (non-hydrogen) atoms. The Hall–Kier alpha value is -3.52. The topological polar surface area (TPSA) is 25.0 Å². The smallest absolute Gasteiger partial charge is 0.132 e. The van der Waals surface area contributed by atoms with Gasteiger partial charge in [0, 0.05) is 38.3 Å². The van der Waals surface area contributed by atoms with Crippen LogP contribution < -0.4 is 4.74 Å². The number of rotatable bonds is 1. The van der Waals surface area contributed by atoms with E-state index in [4.69, 9.17) is 4.74 Å². The third kappa shape index (κ3) is 1.97. The Morgan fingerprint density at radius 3 is 2.29 bits per heavy atom. The van der Waals surface area contributed by atoms with Crippen LogP contribution in [0.1, 0.15) is 23.6 Å². The molecule has 0 spiro atoms. The summed E-state index contributed by atoms with van der Waals surface area (Å²) in [6, 6.07) is 32.0. The average Bonchev–Trinajstić information content (AvgIpc) is 3.11. The fourth-order valence-corrected chi connectivity index (χ4v) is 4.67. The zero-order chi connectivity index (χ0) is 18.7. The fraction of sp³-hybridized carbons (Fsp3) is 0.0769. The summed E-state index contributed by atoms with van der Waals surface area (Å²) in [6.07, 6.45) is 0. The number of para-hydroxylation sites is 2. The van der Waals surface area contributed by atoms with Crippen LogP contribution in [0.2, 0.25) is 0 Å². The molecule has 1 aliphatic rings. The summed E-state index contributed by atoms with van der Waals surface area (Å²) in [5.74, 6) is 1.86. The summed E-state index contributed by atoms with van der Waals surface area (Å²) in [5.41, 5.74) is 5.67. The van der Waals surface area contributed by atoms with Gasteiger partial charge in [0.05, 0.1) is 0 Å². The molecule has 134 valence electrons. The molecule has 0 fully saturated rings. The van der Waals surface area contributed by atoms with Gasteiger partial charge < -0.3 is 9.72 Å². The van der Waals surface area contributed by atoms with Gasteiger partial charge in [0.15, 0.2) is 0 Å². The first-order valence-electron chi connectivity index (χ1n) is 9.63. The Kier molecular flexibility index (Phi) is 3.05. The van der Waals surface area contributed by atoms with Crippen molar-refractivity contribution in [1.82, 2.24) is 4.98 Å². The highest BCUT2D eigenvalue weighted by Gasteiger charge is 2.40. The maximum absolute atomic E-state index is 6.41. The van der Waals surface area contributed by atoms with Gasteiger partial charge in [0.1, 0.15) is 11.5 Å². The molecule has 0 bridgehead atoms. The molecule has 1 atom stereocenters. The first-order valence-corrected chi connectivity index (χ1v) is 9.63. The monoisotopic (exact) mass is 361 g/mol. The van der Waals surface area contributed by atoms with E-state index in [1.807, 2.05) is 6.07 Å². The number of aromatic amines is 1. The van der Waals surface area contributed by atoms with Crippen LogP contribution in [0.5, 0.6) is 11.5 Å². The van der Waals surface area contributed by atoms with Crippen molar-refractivity contribution in [3.8, 4) is 11.5 Å². The minimum atomic E-state index is -0.281.